The third-order valence-corrected chi connectivity index (χ3v) is 3.75. The van der Waals surface area contributed by atoms with E-state index in [9.17, 15) is 4.79 Å². The molecule has 4 heteroatoms. The summed E-state index contributed by atoms with van der Waals surface area (Å²) in [4.78, 5) is 13.8. The van der Waals surface area contributed by atoms with Crippen molar-refractivity contribution in [1.29, 1.82) is 0 Å². The number of aliphatic hydroxyl groups excluding tert-OH is 1. The quantitative estimate of drug-likeness (QED) is 0.900. The van der Waals surface area contributed by atoms with Gasteiger partial charge in [-0.3, -0.25) is 0 Å². The third kappa shape index (κ3) is 4.53. The molecule has 0 unspecified atom stereocenters. The van der Waals surface area contributed by atoms with E-state index in [0.29, 0.717) is 12.5 Å². The van der Waals surface area contributed by atoms with Gasteiger partial charge in [-0.25, -0.2) is 4.79 Å². The molecule has 1 N–H and O–H groups in total. The van der Waals surface area contributed by atoms with Crippen molar-refractivity contribution in [3.05, 3.63) is 35.9 Å². The van der Waals surface area contributed by atoms with E-state index in [1.807, 2.05) is 30.3 Å². The number of hydrogen-bond acceptors (Lipinski definition) is 3. The third-order valence-electron chi connectivity index (χ3n) is 3.75. The van der Waals surface area contributed by atoms with Crippen molar-refractivity contribution in [1.82, 2.24) is 4.90 Å². The van der Waals surface area contributed by atoms with E-state index in [0.717, 1.165) is 44.3 Å². The Morgan fingerprint density at radius 2 is 2.15 bits per heavy atom. The molecule has 0 spiro atoms. The van der Waals surface area contributed by atoms with Crippen LogP contribution in [0.1, 0.15) is 31.2 Å². The van der Waals surface area contributed by atoms with Gasteiger partial charge in [-0.1, -0.05) is 30.3 Å². The number of likely N-dealkylation sites (tertiary alicyclic amines) is 1. The molecule has 1 aliphatic heterocycles. The highest BCUT2D eigenvalue weighted by atomic mass is 16.6. The molecule has 20 heavy (non-hydrogen) atoms. The van der Waals surface area contributed by atoms with Gasteiger partial charge in [-0.15, -0.1) is 0 Å². The molecule has 1 atom stereocenters. The zero-order chi connectivity index (χ0) is 14.2. The average Bonchev–Trinajstić information content (AvgIpc) is 2.52. The Morgan fingerprint density at radius 3 is 2.90 bits per heavy atom. The van der Waals surface area contributed by atoms with Crippen molar-refractivity contribution in [2.45, 2.75) is 32.3 Å². The van der Waals surface area contributed by atoms with Gasteiger partial charge in [-0.05, 0) is 37.2 Å². The van der Waals surface area contributed by atoms with E-state index in [2.05, 4.69) is 0 Å². The summed E-state index contributed by atoms with van der Waals surface area (Å²) in [5.74, 6) is 0.500. The van der Waals surface area contributed by atoms with E-state index < -0.39 is 0 Å². The van der Waals surface area contributed by atoms with Crippen LogP contribution in [-0.4, -0.2) is 35.8 Å². The summed E-state index contributed by atoms with van der Waals surface area (Å²) in [6, 6.07) is 9.73. The highest BCUT2D eigenvalue weighted by Gasteiger charge is 2.24. The molecule has 1 aliphatic rings. The van der Waals surface area contributed by atoms with E-state index in [4.69, 9.17) is 9.84 Å². The number of nitrogens with zero attached hydrogens (tertiary/aromatic N) is 1. The van der Waals surface area contributed by atoms with Gasteiger partial charge in [0.15, 0.2) is 0 Å². The standard InChI is InChI=1S/C16H23NO3/c18-11-5-9-14-8-4-10-17(12-14)16(19)20-13-15-6-2-1-3-7-15/h1-3,6-7,14,18H,4-5,8-13H2/t14-/m0/s1. The Bertz CT molecular complexity index is 407. The Morgan fingerprint density at radius 1 is 1.35 bits per heavy atom. The van der Waals surface area contributed by atoms with Crippen molar-refractivity contribution >= 4 is 6.09 Å². The second kappa shape index (κ2) is 7.90. The molecule has 110 valence electrons. The minimum atomic E-state index is -0.220. The first kappa shape index (κ1) is 14.9. The summed E-state index contributed by atoms with van der Waals surface area (Å²) in [5.41, 5.74) is 1.01. The zero-order valence-corrected chi connectivity index (χ0v) is 11.8. The number of piperidine rings is 1. The first-order valence-corrected chi connectivity index (χ1v) is 7.36. The largest absolute Gasteiger partial charge is 0.445 e. The van der Waals surface area contributed by atoms with Gasteiger partial charge in [0.2, 0.25) is 0 Å². The Balaban J connectivity index is 1.77. The molecular formula is C16H23NO3. The lowest BCUT2D eigenvalue weighted by molar-refractivity contribution is 0.0770. The second-order valence-corrected chi connectivity index (χ2v) is 5.36. The summed E-state index contributed by atoms with van der Waals surface area (Å²) in [7, 11) is 0. The zero-order valence-electron chi connectivity index (χ0n) is 11.8. The van der Waals surface area contributed by atoms with Crippen molar-refractivity contribution < 1.29 is 14.6 Å². The summed E-state index contributed by atoms with van der Waals surface area (Å²) >= 11 is 0. The molecular weight excluding hydrogens is 254 g/mol. The highest BCUT2D eigenvalue weighted by molar-refractivity contribution is 5.67. The molecule has 1 fully saturated rings. The Kier molecular flexibility index (Phi) is 5.87. The van der Waals surface area contributed by atoms with Gasteiger partial charge in [0.1, 0.15) is 6.61 Å². The number of aliphatic hydroxyl groups is 1. The van der Waals surface area contributed by atoms with Crippen molar-refractivity contribution in [3.8, 4) is 0 Å². The maximum Gasteiger partial charge on any atom is 0.410 e. The lowest BCUT2D eigenvalue weighted by Crippen LogP contribution is -2.40. The molecule has 0 saturated carbocycles. The monoisotopic (exact) mass is 277 g/mol. The van der Waals surface area contributed by atoms with Crippen LogP contribution in [0.5, 0.6) is 0 Å². The van der Waals surface area contributed by atoms with E-state index in [1.54, 1.807) is 4.90 Å². The molecule has 0 bridgehead atoms. The molecule has 0 aromatic heterocycles. The number of amides is 1. The number of benzene rings is 1. The van der Waals surface area contributed by atoms with Gasteiger partial charge in [0.05, 0.1) is 0 Å². The van der Waals surface area contributed by atoms with Crippen LogP contribution in [0, 0.1) is 5.92 Å². The lowest BCUT2D eigenvalue weighted by Gasteiger charge is -2.32. The molecule has 4 nitrogen and oxygen atoms in total. The van der Waals surface area contributed by atoms with Crippen molar-refractivity contribution in [3.63, 3.8) is 0 Å². The van der Waals surface area contributed by atoms with E-state index >= 15 is 0 Å². The predicted octanol–water partition coefficient (Wildman–Crippen LogP) is 2.81. The minimum Gasteiger partial charge on any atom is -0.445 e. The fraction of sp³-hybridized carbons (Fsp3) is 0.562. The first-order chi connectivity index (χ1) is 9.79. The average molecular weight is 277 g/mol. The van der Waals surface area contributed by atoms with Crippen LogP contribution in [0.15, 0.2) is 30.3 Å². The van der Waals surface area contributed by atoms with Crippen LogP contribution >= 0.6 is 0 Å². The van der Waals surface area contributed by atoms with Gasteiger partial charge < -0.3 is 14.7 Å². The Labute approximate surface area is 120 Å². The van der Waals surface area contributed by atoms with Crippen LogP contribution in [0.4, 0.5) is 4.79 Å². The molecule has 1 amide bonds. The maximum atomic E-state index is 12.0. The second-order valence-electron chi connectivity index (χ2n) is 5.36. The molecule has 0 radical (unpaired) electrons. The van der Waals surface area contributed by atoms with Gasteiger partial charge in [0.25, 0.3) is 0 Å². The fourth-order valence-electron chi connectivity index (χ4n) is 2.66. The molecule has 1 aromatic carbocycles. The van der Waals surface area contributed by atoms with E-state index in [-0.39, 0.29) is 12.7 Å². The number of carbonyl (C=O) groups is 1. The molecule has 2 rings (SSSR count). The lowest BCUT2D eigenvalue weighted by atomic mass is 9.94. The Hall–Kier alpha value is -1.55. The summed E-state index contributed by atoms with van der Waals surface area (Å²) < 4.78 is 5.36. The summed E-state index contributed by atoms with van der Waals surface area (Å²) in [6.07, 6.45) is 3.75. The van der Waals surface area contributed by atoms with Crippen LogP contribution in [0.2, 0.25) is 0 Å². The number of hydrogen-bond donors (Lipinski definition) is 1. The van der Waals surface area contributed by atoms with Crippen molar-refractivity contribution in [2.75, 3.05) is 19.7 Å². The summed E-state index contributed by atoms with van der Waals surface area (Å²) in [5, 5.41) is 8.88. The molecule has 1 heterocycles. The van der Waals surface area contributed by atoms with Gasteiger partial charge in [-0.2, -0.15) is 0 Å². The normalized spacial score (nSPS) is 18.9. The van der Waals surface area contributed by atoms with Gasteiger partial charge >= 0.3 is 6.09 Å². The minimum absolute atomic E-state index is 0.220. The SMILES string of the molecule is O=C(OCc1ccccc1)N1CCC[C@@H](CCCO)C1. The number of rotatable bonds is 5. The van der Waals surface area contributed by atoms with Crippen LogP contribution < -0.4 is 0 Å². The molecule has 0 aliphatic carbocycles. The number of carbonyl (C=O) groups excluding carboxylic acids is 1. The smallest absolute Gasteiger partial charge is 0.410 e. The summed E-state index contributed by atoms with van der Waals surface area (Å²) in [6.45, 7) is 2.10. The topological polar surface area (TPSA) is 49.8 Å². The van der Waals surface area contributed by atoms with Crippen LogP contribution in [0.25, 0.3) is 0 Å². The number of ether oxygens (including phenoxy) is 1. The molecule has 1 aromatic rings. The predicted molar refractivity (Wildman–Crippen MR) is 77.2 cm³/mol. The molecule has 1 saturated heterocycles. The fourth-order valence-corrected chi connectivity index (χ4v) is 2.66. The first-order valence-electron chi connectivity index (χ1n) is 7.36. The van der Waals surface area contributed by atoms with Crippen LogP contribution in [-0.2, 0) is 11.3 Å². The van der Waals surface area contributed by atoms with Gasteiger partial charge in [0, 0.05) is 19.7 Å². The maximum absolute atomic E-state index is 12.0. The van der Waals surface area contributed by atoms with E-state index in [1.165, 1.54) is 0 Å². The highest BCUT2D eigenvalue weighted by Crippen LogP contribution is 2.21. The van der Waals surface area contributed by atoms with Crippen molar-refractivity contribution in [2.24, 2.45) is 5.92 Å². The van der Waals surface area contributed by atoms with Crippen LogP contribution in [0.3, 0.4) is 0 Å².